The zero-order valence-corrected chi connectivity index (χ0v) is 12.1. The van der Waals surface area contributed by atoms with Gasteiger partial charge in [-0.1, -0.05) is 19.9 Å². The molecule has 0 aromatic heterocycles. The number of rotatable bonds is 4. The molecule has 1 unspecified atom stereocenters. The molecule has 0 aliphatic rings. The van der Waals surface area contributed by atoms with Crippen LogP contribution in [0.1, 0.15) is 26.3 Å². The topological polar surface area (TPSA) is 95.4 Å². The third kappa shape index (κ3) is 5.03. The Balaban J connectivity index is 0.00000137. The summed E-state index contributed by atoms with van der Waals surface area (Å²) in [4.78, 5) is -0.00634. The molecular weight excluding hydrogens is 252 g/mol. The van der Waals surface area contributed by atoms with Gasteiger partial charge in [-0.25, -0.2) is 13.6 Å². The molecule has 0 fully saturated rings. The van der Waals surface area contributed by atoms with E-state index in [1.165, 1.54) is 13.2 Å². The van der Waals surface area contributed by atoms with Crippen molar-refractivity contribution in [1.29, 1.82) is 0 Å². The smallest absolute Gasteiger partial charge is 0.241 e. The first-order valence-electron chi connectivity index (χ1n) is 5.80. The highest BCUT2D eigenvalue weighted by atomic mass is 32.2. The van der Waals surface area contributed by atoms with E-state index >= 15 is 0 Å². The van der Waals surface area contributed by atoms with Crippen LogP contribution in [0, 0.1) is 0 Å². The van der Waals surface area contributed by atoms with Gasteiger partial charge in [0.25, 0.3) is 0 Å². The van der Waals surface area contributed by atoms with Crippen LogP contribution in [-0.4, -0.2) is 21.6 Å². The fourth-order valence-corrected chi connectivity index (χ4v) is 2.19. The first-order valence-corrected chi connectivity index (χ1v) is 7.34. The monoisotopic (exact) mass is 274 g/mol. The molecule has 6 heteroatoms. The summed E-state index contributed by atoms with van der Waals surface area (Å²) in [6, 6.07) is 4.81. The Morgan fingerprint density at radius 3 is 2.28 bits per heavy atom. The van der Waals surface area contributed by atoms with Gasteiger partial charge in [-0.05, 0) is 31.0 Å². The Morgan fingerprint density at radius 1 is 1.33 bits per heavy atom. The molecule has 18 heavy (non-hydrogen) atoms. The van der Waals surface area contributed by atoms with Crippen LogP contribution in [0.15, 0.2) is 23.1 Å². The quantitative estimate of drug-likeness (QED) is 0.864. The minimum atomic E-state index is -3.77. The summed E-state index contributed by atoms with van der Waals surface area (Å²) in [6.07, 6.45) is 0.590. The second-order valence-electron chi connectivity index (χ2n) is 3.71. The third-order valence-corrected chi connectivity index (χ3v) is 3.02. The summed E-state index contributed by atoms with van der Waals surface area (Å²) in [5, 5.41) is 5.09. The zero-order chi connectivity index (χ0) is 14.3. The van der Waals surface area contributed by atoms with E-state index in [-0.39, 0.29) is 16.7 Å². The molecule has 4 N–H and O–H groups in total. The standard InChI is InChI=1S/C10H16N2O3S.C2H6/c1-7(11)5-8-3-4-9(15-2)10(6-8)16(12,13)14;1-2/h3-4,6-7H,5,11H2,1-2H3,(H2,12,13,14);1-2H3. The fourth-order valence-electron chi connectivity index (χ4n) is 1.44. The van der Waals surface area contributed by atoms with E-state index in [4.69, 9.17) is 15.6 Å². The number of benzene rings is 1. The SMILES string of the molecule is CC.COc1ccc(CC(C)N)cc1S(N)(=O)=O. The van der Waals surface area contributed by atoms with Gasteiger partial charge in [-0.3, -0.25) is 0 Å². The molecule has 0 spiro atoms. The van der Waals surface area contributed by atoms with Gasteiger partial charge in [0.1, 0.15) is 10.6 Å². The predicted octanol–water partition coefficient (Wildman–Crippen LogP) is 1.26. The largest absolute Gasteiger partial charge is 0.495 e. The molecule has 1 aromatic carbocycles. The molecule has 5 nitrogen and oxygen atoms in total. The van der Waals surface area contributed by atoms with Crippen molar-refractivity contribution < 1.29 is 13.2 Å². The van der Waals surface area contributed by atoms with Crippen LogP contribution in [0.2, 0.25) is 0 Å². The minimum absolute atomic E-state index is 0.00634. The Bertz CT molecular complexity index is 470. The lowest BCUT2D eigenvalue weighted by Gasteiger charge is -2.10. The van der Waals surface area contributed by atoms with Gasteiger partial charge in [0.2, 0.25) is 10.0 Å². The highest BCUT2D eigenvalue weighted by molar-refractivity contribution is 7.89. The molecule has 0 bridgehead atoms. The zero-order valence-electron chi connectivity index (χ0n) is 11.3. The summed E-state index contributed by atoms with van der Waals surface area (Å²) in [7, 11) is -2.37. The molecule has 0 aliphatic carbocycles. The van der Waals surface area contributed by atoms with E-state index in [0.29, 0.717) is 6.42 Å². The van der Waals surface area contributed by atoms with Crippen LogP contribution < -0.4 is 15.6 Å². The van der Waals surface area contributed by atoms with Crippen LogP contribution in [0.5, 0.6) is 5.75 Å². The predicted molar refractivity (Wildman–Crippen MR) is 73.1 cm³/mol. The molecule has 1 atom stereocenters. The number of hydrogen-bond acceptors (Lipinski definition) is 4. The first kappa shape index (κ1) is 16.9. The minimum Gasteiger partial charge on any atom is -0.495 e. The number of hydrogen-bond donors (Lipinski definition) is 2. The van der Waals surface area contributed by atoms with Gasteiger partial charge >= 0.3 is 0 Å². The Labute approximate surface area is 109 Å². The van der Waals surface area contributed by atoms with Crippen LogP contribution in [0.3, 0.4) is 0 Å². The van der Waals surface area contributed by atoms with Crippen molar-refractivity contribution in [2.45, 2.75) is 38.1 Å². The number of ether oxygens (including phenoxy) is 1. The summed E-state index contributed by atoms with van der Waals surface area (Å²) >= 11 is 0. The van der Waals surface area contributed by atoms with E-state index in [1.54, 1.807) is 12.1 Å². The average molecular weight is 274 g/mol. The van der Waals surface area contributed by atoms with Gasteiger partial charge in [0, 0.05) is 6.04 Å². The summed E-state index contributed by atoms with van der Waals surface area (Å²) in [5.74, 6) is 0.246. The van der Waals surface area contributed by atoms with Gasteiger partial charge < -0.3 is 10.5 Å². The number of primary sulfonamides is 1. The lowest BCUT2D eigenvalue weighted by molar-refractivity contribution is 0.402. The maximum atomic E-state index is 11.3. The van der Waals surface area contributed by atoms with Gasteiger partial charge in [-0.15, -0.1) is 0 Å². The molecule has 0 aliphatic heterocycles. The Morgan fingerprint density at radius 2 is 1.89 bits per heavy atom. The normalized spacial score (nSPS) is 12.3. The fraction of sp³-hybridized carbons (Fsp3) is 0.500. The van der Waals surface area contributed by atoms with Crippen LogP contribution >= 0.6 is 0 Å². The van der Waals surface area contributed by atoms with Crippen LogP contribution in [0.25, 0.3) is 0 Å². The summed E-state index contributed by atoms with van der Waals surface area (Å²) in [6.45, 7) is 5.85. The van der Waals surface area contributed by atoms with Crippen molar-refractivity contribution in [2.24, 2.45) is 10.9 Å². The van der Waals surface area contributed by atoms with Crippen molar-refractivity contribution in [3.63, 3.8) is 0 Å². The highest BCUT2D eigenvalue weighted by Crippen LogP contribution is 2.24. The summed E-state index contributed by atoms with van der Waals surface area (Å²) < 4.78 is 27.6. The summed E-state index contributed by atoms with van der Waals surface area (Å²) in [5.41, 5.74) is 6.46. The lowest BCUT2D eigenvalue weighted by Crippen LogP contribution is -2.19. The number of sulfonamides is 1. The molecule has 1 rings (SSSR count). The van der Waals surface area contributed by atoms with Crippen molar-refractivity contribution >= 4 is 10.0 Å². The van der Waals surface area contributed by atoms with Crippen molar-refractivity contribution in [2.75, 3.05) is 7.11 Å². The van der Waals surface area contributed by atoms with E-state index in [9.17, 15) is 8.42 Å². The molecule has 0 amide bonds. The number of methoxy groups -OCH3 is 1. The van der Waals surface area contributed by atoms with E-state index < -0.39 is 10.0 Å². The Hall–Kier alpha value is -1.11. The molecule has 104 valence electrons. The number of nitrogens with two attached hydrogens (primary N) is 2. The lowest BCUT2D eigenvalue weighted by atomic mass is 10.1. The van der Waals surface area contributed by atoms with E-state index in [1.807, 2.05) is 20.8 Å². The highest BCUT2D eigenvalue weighted by Gasteiger charge is 2.15. The molecule has 0 saturated heterocycles. The second-order valence-corrected chi connectivity index (χ2v) is 5.24. The van der Waals surface area contributed by atoms with Crippen LogP contribution in [-0.2, 0) is 16.4 Å². The second kappa shape index (κ2) is 7.35. The van der Waals surface area contributed by atoms with Gasteiger partial charge in [0.05, 0.1) is 7.11 Å². The van der Waals surface area contributed by atoms with Crippen molar-refractivity contribution in [3.05, 3.63) is 23.8 Å². The molecule has 0 saturated carbocycles. The van der Waals surface area contributed by atoms with Gasteiger partial charge in [-0.2, -0.15) is 0 Å². The van der Waals surface area contributed by atoms with E-state index in [2.05, 4.69) is 0 Å². The Kier molecular flexibility index (Phi) is 6.90. The molecule has 0 heterocycles. The maximum absolute atomic E-state index is 11.3. The maximum Gasteiger partial charge on any atom is 0.241 e. The first-order chi connectivity index (χ1) is 8.34. The molecule has 1 aromatic rings. The van der Waals surface area contributed by atoms with Crippen molar-refractivity contribution in [3.8, 4) is 5.75 Å². The van der Waals surface area contributed by atoms with Gasteiger partial charge in [0.15, 0.2) is 0 Å². The average Bonchev–Trinajstić information content (AvgIpc) is 2.29. The van der Waals surface area contributed by atoms with Crippen LogP contribution in [0.4, 0.5) is 0 Å². The molecular formula is C12H22N2O3S. The molecule has 0 radical (unpaired) electrons. The van der Waals surface area contributed by atoms with Crippen molar-refractivity contribution in [1.82, 2.24) is 0 Å². The third-order valence-electron chi connectivity index (χ3n) is 2.09. The van der Waals surface area contributed by atoms with E-state index in [0.717, 1.165) is 5.56 Å².